The SMILES string of the molecule is CCCNc1nc(C2CC2(C)C)nc(CC)c1C. The van der Waals surface area contributed by atoms with E-state index >= 15 is 0 Å². The second kappa shape index (κ2) is 4.87. The summed E-state index contributed by atoms with van der Waals surface area (Å²) in [5.74, 6) is 2.63. The average Bonchev–Trinajstić information content (AvgIpc) is 2.97. The van der Waals surface area contributed by atoms with Crippen LogP contribution in [0.1, 0.15) is 63.5 Å². The van der Waals surface area contributed by atoms with Crippen molar-refractivity contribution in [3.63, 3.8) is 0 Å². The minimum absolute atomic E-state index is 0.391. The van der Waals surface area contributed by atoms with E-state index in [1.165, 1.54) is 17.7 Å². The molecule has 0 aromatic carbocycles. The van der Waals surface area contributed by atoms with Crippen LogP contribution in [0.3, 0.4) is 0 Å². The van der Waals surface area contributed by atoms with Gasteiger partial charge in [-0.25, -0.2) is 9.97 Å². The zero-order chi connectivity index (χ0) is 13.3. The molecule has 1 saturated carbocycles. The van der Waals surface area contributed by atoms with Gasteiger partial charge in [0, 0.05) is 23.7 Å². The third-order valence-electron chi connectivity index (χ3n) is 3.97. The van der Waals surface area contributed by atoms with Gasteiger partial charge in [0.1, 0.15) is 11.6 Å². The lowest BCUT2D eigenvalue weighted by atomic mass is 10.1. The Morgan fingerprint density at radius 2 is 1.94 bits per heavy atom. The van der Waals surface area contributed by atoms with Crippen molar-refractivity contribution in [2.24, 2.45) is 5.41 Å². The van der Waals surface area contributed by atoms with Crippen LogP contribution in [-0.2, 0) is 6.42 Å². The predicted octanol–water partition coefficient (Wildman–Crippen LogP) is 3.68. The second-order valence-corrected chi connectivity index (χ2v) is 6.03. The molecule has 0 saturated heterocycles. The first kappa shape index (κ1) is 13.3. The summed E-state index contributed by atoms with van der Waals surface area (Å²) < 4.78 is 0. The van der Waals surface area contributed by atoms with Crippen molar-refractivity contribution in [2.75, 3.05) is 11.9 Å². The van der Waals surface area contributed by atoms with E-state index in [4.69, 9.17) is 9.97 Å². The van der Waals surface area contributed by atoms with Crippen molar-refractivity contribution in [3.8, 4) is 0 Å². The second-order valence-electron chi connectivity index (χ2n) is 6.03. The van der Waals surface area contributed by atoms with E-state index in [9.17, 15) is 0 Å². The highest BCUT2D eigenvalue weighted by Gasteiger charge is 2.48. The van der Waals surface area contributed by atoms with Crippen molar-refractivity contribution in [2.45, 2.75) is 59.8 Å². The van der Waals surface area contributed by atoms with Crippen molar-refractivity contribution >= 4 is 5.82 Å². The number of anilines is 1. The maximum absolute atomic E-state index is 4.77. The van der Waals surface area contributed by atoms with Crippen LogP contribution in [0.4, 0.5) is 5.82 Å². The maximum Gasteiger partial charge on any atom is 0.134 e. The summed E-state index contributed by atoms with van der Waals surface area (Å²) in [6.45, 7) is 12.0. The number of hydrogen-bond donors (Lipinski definition) is 1. The molecule has 1 aromatic rings. The van der Waals surface area contributed by atoms with Crippen molar-refractivity contribution in [3.05, 3.63) is 17.1 Å². The third kappa shape index (κ3) is 2.50. The highest BCUT2D eigenvalue weighted by Crippen LogP contribution is 2.57. The van der Waals surface area contributed by atoms with E-state index in [2.05, 4.69) is 39.9 Å². The van der Waals surface area contributed by atoms with Gasteiger partial charge < -0.3 is 5.32 Å². The summed E-state index contributed by atoms with van der Waals surface area (Å²) >= 11 is 0. The molecule has 0 radical (unpaired) electrons. The lowest BCUT2D eigenvalue weighted by molar-refractivity contribution is 0.606. The van der Waals surface area contributed by atoms with Gasteiger partial charge in [-0.15, -0.1) is 0 Å². The molecule has 1 fully saturated rings. The smallest absolute Gasteiger partial charge is 0.134 e. The highest BCUT2D eigenvalue weighted by molar-refractivity contribution is 5.46. The van der Waals surface area contributed by atoms with Crippen molar-refractivity contribution in [1.82, 2.24) is 9.97 Å². The molecular formula is C15H25N3. The summed E-state index contributed by atoms with van der Waals surface area (Å²) in [6.07, 6.45) is 3.32. The number of nitrogens with zero attached hydrogens (tertiary/aromatic N) is 2. The molecule has 100 valence electrons. The topological polar surface area (TPSA) is 37.8 Å². The van der Waals surface area contributed by atoms with Crippen LogP contribution in [0, 0.1) is 12.3 Å². The fourth-order valence-corrected chi connectivity index (χ4v) is 2.41. The Labute approximate surface area is 110 Å². The number of aromatic nitrogens is 2. The van der Waals surface area contributed by atoms with Gasteiger partial charge in [-0.05, 0) is 31.6 Å². The minimum Gasteiger partial charge on any atom is -0.370 e. The molecule has 1 heterocycles. The molecule has 1 unspecified atom stereocenters. The molecule has 2 rings (SSSR count). The summed E-state index contributed by atoms with van der Waals surface area (Å²) in [7, 11) is 0. The van der Waals surface area contributed by atoms with Crippen LogP contribution in [0.15, 0.2) is 0 Å². The van der Waals surface area contributed by atoms with Crippen LogP contribution in [-0.4, -0.2) is 16.5 Å². The van der Waals surface area contributed by atoms with Gasteiger partial charge >= 0.3 is 0 Å². The minimum atomic E-state index is 0.391. The average molecular weight is 247 g/mol. The standard InChI is InChI=1S/C15H25N3/c1-6-8-16-13-10(3)12(7-2)17-14(18-13)11-9-15(11,4)5/h11H,6-9H2,1-5H3,(H,16,17,18). The van der Waals surface area contributed by atoms with E-state index < -0.39 is 0 Å². The molecule has 3 heteroatoms. The number of rotatable bonds is 5. The number of nitrogens with one attached hydrogen (secondary N) is 1. The van der Waals surface area contributed by atoms with E-state index in [0.717, 1.165) is 31.0 Å². The summed E-state index contributed by atoms with van der Waals surface area (Å²) in [6, 6.07) is 0. The van der Waals surface area contributed by atoms with Gasteiger partial charge in [-0.3, -0.25) is 0 Å². The molecule has 1 N–H and O–H groups in total. The van der Waals surface area contributed by atoms with E-state index in [1.807, 2.05) is 0 Å². The third-order valence-corrected chi connectivity index (χ3v) is 3.97. The van der Waals surface area contributed by atoms with E-state index in [0.29, 0.717) is 11.3 Å². The zero-order valence-corrected chi connectivity index (χ0v) is 12.3. The lowest BCUT2D eigenvalue weighted by Gasteiger charge is -2.13. The van der Waals surface area contributed by atoms with E-state index in [-0.39, 0.29) is 0 Å². The molecule has 0 bridgehead atoms. The largest absolute Gasteiger partial charge is 0.370 e. The molecule has 0 aliphatic heterocycles. The van der Waals surface area contributed by atoms with Crippen molar-refractivity contribution < 1.29 is 0 Å². The predicted molar refractivity (Wildman–Crippen MR) is 76.1 cm³/mol. The molecule has 1 aromatic heterocycles. The van der Waals surface area contributed by atoms with Crippen LogP contribution >= 0.6 is 0 Å². The summed E-state index contributed by atoms with van der Waals surface area (Å²) in [4.78, 5) is 9.52. The summed E-state index contributed by atoms with van der Waals surface area (Å²) in [5.41, 5.74) is 2.80. The quantitative estimate of drug-likeness (QED) is 0.862. The molecule has 1 aliphatic rings. The first-order valence-corrected chi connectivity index (χ1v) is 7.10. The van der Waals surface area contributed by atoms with Gasteiger partial charge in [-0.2, -0.15) is 0 Å². The van der Waals surface area contributed by atoms with Gasteiger partial charge in [0.25, 0.3) is 0 Å². The molecule has 1 aliphatic carbocycles. The first-order chi connectivity index (χ1) is 8.49. The van der Waals surface area contributed by atoms with Crippen molar-refractivity contribution in [1.29, 1.82) is 0 Å². The molecule has 0 spiro atoms. The Kier molecular flexibility index (Phi) is 3.60. The molecular weight excluding hydrogens is 222 g/mol. The van der Waals surface area contributed by atoms with Gasteiger partial charge in [0.15, 0.2) is 0 Å². The van der Waals surface area contributed by atoms with E-state index in [1.54, 1.807) is 0 Å². The Morgan fingerprint density at radius 1 is 1.28 bits per heavy atom. The first-order valence-electron chi connectivity index (χ1n) is 7.10. The normalized spacial score (nSPS) is 20.8. The van der Waals surface area contributed by atoms with Crippen LogP contribution in [0.25, 0.3) is 0 Å². The maximum atomic E-state index is 4.77. The van der Waals surface area contributed by atoms with Crippen LogP contribution in [0.5, 0.6) is 0 Å². The monoisotopic (exact) mass is 247 g/mol. The fraction of sp³-hybridized carbons (Fsp3) is 0.733. The molecule has 3 nitrogen and oxygen atoms in total. The summed E-state index contributed by atoms with van der Waals surface area (Å²) in [5, 5.41) is 3.44. The van der Waals surface area contributed by atoms with Gasteiger partial charge in [0.2, 0.25) is 0 Å². The lowest BCUT2D eigenvalue weighted by Crippen LogP contribution is -2.10. The van der Waals surface area contributed by atoms with Crippen LogP contribution < -0.4 is 5.32 Å². The molecule has 18 heavy (non-hydrogen) atoms. The van der Waals surface area contributed by atoms with Crippen LogP contribution in [0.2, 0.25) is 0 Å². The fourth-order valence-electron chi connectivity index (χ4n) is 2.41. The van der Waals surface area contributed by atoms with Gasteiger partial charge in [-0.1, -0.05) is 27.7 Å². The highest BCUT2D eigenvalue weighted by atomic mass is 15.0. The molecule has 1 atom stereocenters. The number of aryl methyl sites for hydroxylation is 1. The number of hydrogen-bond acceptors (Lipinski definition) is 3. The Morgan fingerprint density at radius 3 is 2.44 bits per heavy atom. The Hall–Kier alpha value is -1.12. The van der Waals surface area contributed by atoms with Gasteiger partial charge in [0.05, 0.1) is 0 Å². The Balaban J connectivity index is 2.31. The molecule has 0 amide bonds. The zero-order valence-electron chi connectivity index (χ0n) is 12.3. The Bertz CT molecular complexity index is 438.